The molecule has 0 radical (unpaired) electrons. The van der Waals surface area contributed by atoms with E-state index in [0.29, 0.717) is 29.8 Å². The Balaban J connectivity index is 0.986. The minimum absolute atomic E-state index is 0.403. The number of methoxy groups -OCH3 is 1. The molecule has 9 rings (SSSR count). The molecule has 3 aliphatic heterocycles. The average molecular weight is 547 g/mol. The van der Waals surface area contributed by atoms with E-state index in [1.807, 2.05) is 42.9 Å². The highest BCUT2D eigenvalue weighted by atomic mass is 16.5. The maximum Gasteiger partial charge on any atom is 0.316 e. The molecule has 206 valence electrons. The third-order valence-electron chi connectivity index (χ3n) is 8.37. The molecule has 7 heterocycles. The third kappa shape index (κ3) is 4.61. The molecule has 4 fully saturated rings. The van der Waals surface area contributed by atoms with Crippen molar-refractivity contribution in [3.8, 4) is 17.4 Å². The van der Waals surface area contributed by atoms with Gasteiger partial charge in [-0.05, 0) is 43.5 Å². The maximum atomic E-state index is 5.08. The summed E-state index contributed by atoms with van der Waals surface area (Å²) in [6.45, 7) is 2.76. The van der Waals surface area contributed by atoms with Crippen molar-refractivity contribution >= 4 is 28.4 Å². The Kier molecular flexibility index (Phi) is 5.76. The molecule has 0 amide bonds. The van der Waals surface area contributed by atoms with Crippen LogP contribution in [0.1, 0.15) is 36.4 Å². The monoisotopic (exact) mass is 546 g/mol. The van der Waals surface area contributed by atoms with Crippen LogP contribution in [0.5, 0.6) is 6.01 Å². The number of hydrogen-bond acceptors (Lipinski definition) is 10. The SMILES string of the molecule is COc1ncc(CN2C3CC2CN(c2ccc(-c4nc(Nc5cc(C6CC6)[nH]n5)c5ccccc5n4)cn2)C3)cn1. The molecule has 2 N–H and O–H groups in total. The van der Waals surface area contributed by atoms with E-state index in [1.54, 1.807) is 7.11 Å². The number of piperidine rings is 1. The van der Waals surface area contributed by atoms with E-state index in [0.717, 1.165) is 59.1 Å². The molecule has 2 bridgehead atoms. The number of anilines is 3. The number of aromatic amines is 1. The molecule has 41 heavy (non-hydrogen) atoms. The Morgan fingerprint density at radius 2 is 1.80 bits per heavy atom. The lowest BCUT2D eigenvalue weighted by Gasteiger charge is -2.56. The van der Waals surface area contributed by atoms with Gasteiger partial charge in [-0.15, -0.1) is 0 Å². The quantitative estimate of drug-likeness (QED) is 0.291. The Morgan fingerprint density at radius 3 is 2.56 bits per heavy atom. The normalized spacial score (nSPS) is 20.2. The smallest absolute Gasteiger partial charge is 0.316 e. The number of nitrogens with one attached hydrogen (secondary N) is 2. The molecule has 4 aromatic heterocycles. The molecular weight excluding hydrogens is 516 g/mol. The summed E-state index contributed by atoms with van der Waals surface area (Å²) in [6, 6.07) is 15.7. The summed E-state index contributed by atoms with van der Waals surface area (Å²) in [4.78, 5) is 28.0. The average Bonchev–Trinajstić information content (AvgIpc) is 3.78. The fraction of sp³-hybridized carbons (Fsp3) is 0.333. The number of pyridine rings is 1. The molecule has 3 saturated heterocycles. The second-order valence-corrected chi connectivity index (χ2v) is 11.1. The van der Waals surface area contributed by atoms with Crippen molar-refractivity contribution in [3.63, 3.8) is 0 Å². The minimum Gasteiger partial charge on any atom is -0.467 e. The summed E-state index contributed by atoms with van der Waals surface area (Å²) in [5, 5.41) is 12.0. The minimum atomic E-state index is 0.403. The predicted molar refractivity (Wildman–Crippen MR) is 155 cm³/mol. The first kappa shape index (κ1) is 24.2. The van der Waals surface area contributed by atoms with Crippen LogP contribution in [0.3, 0.4) is 0 Å². The predicted octanol–water partition coefficient (Wildman–Crippen LogP) is 4.30. The van der Waals surface area contributed by atoms with Crippen molar-refractivity contribution in [2.75, 3.05) is 30.4 Å². The van der Waals surface area contributed by atoms with Gasteiger partial charge in [-0.2, -0.15) is 5.10 Å². The number of piperazine rings is 1. The number of rotatable bonds is 8. The molecular formula is C30H30N10O. The van der Waals surface area contributed by atoms with Crippen LogP contribution < -0.4 is 15.0 Å². The van der Waals surface area contributed by atoms with Crippen molar-refractivity contribution in [2.45, 2.75) is 43.8 Å². The number of aromatic nitrogens is 7. The zero-order chi connectivity index (χ0) is 27.3. The highest BCUT2D eigenvalue weighted by Gasteiger charge is 2.44. The van der Waals surface area contributed by atoms with Gasteiger partial charge < -0.3 is 15.0 Å². The van der Waals surface area contributed by atoms with Gasteiger partial charge in [-0.25, -0.2) is 24.9 Å². The summed E-state index contributed by atoms with van der Waals surface area (Å²) in [6.07, 6.45) is 9.25. The molecule has 0 spiro atoms. The highest BCUT2D eigenvalue weighted by molar-refractivity contribution is 5.92. The van der Waals surface area contributed by atoms with Crippen molar-refractivity contribution in [3.05, 3.63) is 72.3 Å². The van der Waals surface area contributed by atoms with E-state index in [2.05, 4.69) is 53.5 Å². The Hall–Kier alpha value is -4.64. The van der Waals surface area contributed by atoms with Crippen LogP contribution in [-0.4, -0.2) is 72.3 Å². The van der Waals surface area contributed by atoms with Gasteiger partial charge in [0.25, 0.3) is 0 Å². The van der Waals surface area contributed by atoms with Gasteiger partial charge in [0.1, 0.15) is 11.6 Å². The molecule has 11 heteroatoms. The highest BCUT2D eigenvalue weighted by Crippen LogP contribution is 2.40. The molecule has 2 atom stereocenters. The lowest BCUT2D eigenvalue weighted by molar-refractivity contribution is -0.00886. The number of fused-ring (bicyclic) bond motifs is 3. The van der Waals surface area contributed by atoms with Gasteiger partial charge in [0.15, 0.2) is 11.6 Å². The summed E-state index contributed by atoms with van der Waals surface area (Å²) in [5.41, 5.74) is 4.04. The van der Waals surface area contributed by atoms with Crippen LogP contribution in [0.2, 0.25) is 0 Å². The van der Waals surface area contributed by atoms with Crippen LogP contribution in [0.25, 0.3) is 22.3 Å². The number of benzene rings is 1. The Morgan fingerprint density at radius 1 is 0.976 bits per heavy atom. The van der Waals surface area contributed by atoms with Gasteiger partial charge in [-0.1, -0.05) is 12.1 Å². The van der Waals surface area contributed by atoms with E-state index in [-0.39, 0.29) is 0 Å². The van der Waals surface area contributed by atoms with Crippen LogP contribution in [0.15, 0.2) is 61.1 Å². The summed E-state index contributed by atoms with van der Waals surface area (Å²) < 4.78 is 5.08. The largest absolute Gasteiger partial charge is 0.467 e. The molecule has 1 saturated carbocycles. The fourth-order valence-electron chi connectivity index (χ4n) is 6.01. The van der Waals surface area contributed by atoms with E-state index >= 15 is 0 Å². The van der Waals surface area contributed by atoms with E-state index in [9.17, 15) is 0 Å². The van der Waals surface area contributed by atoms with Crippen molar-refractivity contribution in [1.82, 2.24) is 40.0 Å². The second-order valence-electron chi connectivity index (χ2n) is 11.1. The fourth-order valence-corrected chi connectivity index (χ4v) is 6.01. The Labute approximate surface area is 237 Å². The van der Waals surface area contributed by atoms with Gasteiger partial charge >= 0.3 is 6.01 Å². The van der Waals surface area contributed by atoms with E-state index in [1.165, 1.54) is 25.0 Å². The standard InChI is InChI=1S/C30H30N10O/c1-41-30-32-12-18(13-33-30)15-40-21-10-22(40)17-39(16-21)27-9-8-20(14-31-27)28-34-24-5-3-2-4-23(24)29(36-28)35-26-11-25(37-38-26)19-6-7-19/h2-5,8-9,11-14,19,21-22H,6-7,10,15-17H2,1H3,(H2,34,35,36,37,38). The topological polar surface area (TPSA) is 121 Å². The first-order chi connectivity index (χ1) is 20.2. The zero-order valence-electron chi connectivity index (χ0n) is 22.7. The molecule has 11 nitrogen and oxygen atoms in total. The van der Waals surface area contributed by atoms with Gasteiger partial charge in [0, 0.05) is 84.5 Å². The van der Waals surface area contributed by atoms with Gasteiger partial charge in [0.05, 0.1) is 12.6 Å². The molecule has 2 unspecified atom stereocenters. The molecule has 1 aromatic carbocycles. The first-order valence-corrected chi connectivity index (χ1v) is 14.1. The van der Waals surface area contributed by atoms with Crippen LogP contribution in [0, 0.1) is 0 Å². The molecule has 5 aromatic rings. The number of nitrogens with zero attached hydrogens (tertiary/aromatic N) is 8. The lowest BCUT2D eigenvalue weighted by atomic mass is 9.87. The summed E-state index contributed by atoms with van der Waals surface area (Å²) in [7, 11) is 1.58. The number of para-hydroxylation sites is 1. The van der Waals surface area contributed by atoms with Crippen LogP contribution >= 0.6 is 0 Å². The van der Waals surface area contributed by atoms with Crippen LogP contribution in [-0.2, 0) is 6.54 Å². The summed E-state index contributed by atoms with van der Waals surface area (Å²) in [5.74, 6) is 3.74. The van der Waals surface area contributed by atoms with E-state index < -0.39 is 0 Å². The Bertz CT molecular complexity index is 1690. The van der Waals surface area contributed by atoms with Gasteiger partial charge in [-0.3, -0.25) is 10.00 Å². The zero-order valence-corrected chi connectivity index (χ0v) is 22.7. The number of H-pyrrole nitrogens is 1. The second kappa shape index (κ2) is 9.77. The van der Waals surface area contributed by atoms with Crippen molar-refractivity contribution < 1.29 is 4.74 Å². The summed E-state index contributed by atoms with van der Waals surface area (Å²) >= 11 is 0. The van der Waals surface area contributed by atoms with Crippen molar-refractivity contribution in [2.24, 2.45) is 0 Å². The lowest BCUT2D eigenvalue weighted by Crippen LogP contribution is -2.68. The van der Waals surface area contributed by atoms with E-state index in [4.69, 9.17) is 19.7 Å². The third-order valence-corrected chi connectivity index (χ3v) is 8.37. The maximum absolute atomic E-state index is 5.08. The first-order valence-electron chi connectivity index (χ1n) is 14.1. The molecule has 4 aliphatic rings. The number of hydrogen-bond donors (Lipinski definition) is 2. The van der Waals surface area contributed by atoms with Crippen molar-refractivity contribution in [1.29, 1.82) is 0 Å². The molecule has 1 aliphatic carbocycles. The van der Waals surface area contributed by atoms with Crippen LogP contribution in [0.4, 0.5) is 17.5 Å². The number of ether oxygens (including phenoxy) is 1. The van der Waals surface area contributed by atoms with Gasteiger partial charge in [0.2, 0.25) is 0 Å².